The highest BCUT2D eigenvalue weighted by Crippen LogP contribution is 2.46. The Balaban J connectivity index is 1.87. The quantitative estimate of drug-likeness (QED) is 0.590. The van der Waals surface area contributed by atoms with Crippen molar-refractivity contribution in [1.82, 2.24) is 0 Å². The summed E-state index contributed by atoms with van der Waals surface area (Å²) in [7, 11) is 1.64. The van der Waals surface area contributed by atoms with E-state index in [1.54, 1.807) is 13.2 Å². The van der Waals surface area contributed by atoms with Crippen LogP contribution in [0.5, 0.6) is 11.5 Å². The van der Waals surface area contributed by atoms with Gasteiger partial charge in [0.1, 0.15) is 0 Å². The summed E-state index contributed by atoms with van der Waals surface area (Å²) in [5.74, 6) is 2.18. The van der Waals surface area contributed by atoms with Crippen molar-refractivity contribution < 1.29 is 14.3 Å². The van der Waals surface area contributed by atoms with Gasteiger partial charge in [-0.3, -0.25) is 0 Å². The molecule has 4 nitrogen and oxygen atoms in total. The van der Waals surface area contributed by atoms with E-state index in [1.165, 1.54) is 12.8 Å². The number of ether oxygens (including phenoxy) is 2. The average Bonchev–Trinajstić information content (AvgIpc) is 3.24. The van der Waals surface area contributed by atoms with Crippen LogP contribution < -0.4 is 9.47 Å². The van der Waals surface area contributed by atoms with Crippen molar-refractivity contribution >= 4 is 6.08 Å². The molecule has 0 radical (unpaired) electrons. The maximum atomic E-state index is 10.7. The Bertz CT molecular complexity index is 541. The molecule has 0 aromatic heterocycles. The minimum absolute atomic E-state index is 0.383. The van der Waals surface area contributed by atoms with Gasteiger partial charge in [0.15, 0.2) is 11.5 Å². The second-order valence-corrected chi connectivity index (χ2v) is 5.71. The number of carbonyl (C=O) groups excluding carboxylic acids is 1. The van der Waals surface area contributed by atoms with E-state index in [9.17, 15) is 4.79 Å². The van der Waals surface area contributed by atoms with Gasteiger partial charge in [0.2, 0.25) is 6.08 Å². The fourth-order valence-corrected chi connectivity index (χ4v) is 2.64. The SMILES string of the molecule is COc1ccc(C2(N=C=O)CCC2)cc1OCC1CC1. The minimum atomic E-state index is -0.383. The number of hydrogen-bond donors (Lipinski definition) is 0. The van der Waals surface area contributed by atoms with E-state index in [0.717, 1.165) is 42.9 Å². The second kappa shape index (κ2) is 5.29. The Morgan fingerprint density at radius 3 is 2.70 bits per heavy atom. The first-order chi connectivity index (χ1) is 9.77. The lowest BCUT2D eigenvalue weighted by Crippen LogP contribution is -2.31. The van der Waals surface area contributed by atoms with Gasteiger partial charge in [-0.1, -0.05) is 6.07 Å². The highest BCUT2D eigenvalue weighted by atomic mass is 16.5. The van der Waals surface area contributed by atoms with E-state index in [2.05, 4.69) is 4.99 Å². The van der Waals surface area contributed by atoms with Gasteiger partial charge >= 0.3 is 0 Å². The topological polar surface area (TPSA) is 47.9 Å². The van der Waals surface area contributed by atoms with E-state index in [4.69, 9.17) is 9.47 Å². The third kappa shape index (κ3) is 2.44. The second-order valence-electron chi connectivity index (χ2n) is 5.71. The molecule has 0 atom stereocenters. The molecule has 0 saturated heterocycles. The maximum absolute atomic E-state index is 10.7. The smallest absolute Gasteiger partial charge is 0.235 e. The number of nitrogens with zero attached hydrogens (tertiary/aromatic N) is 1. The van der Waals surface area contributed by atoms with Crippen LogP contribution in [0.2, 0.25) is 0 Å². The summed E-state index contributed by atoms with van der Waals surface area (Å²) >= 11 is 0. The van der Waals surface area contributed by atoms with Gasteiger partial charge in [0.05, 0.1) is 19.3 Å². The summed E-state index contributed by atoms with van der Waals surface area (Å²) in [6.07, 6.45) is 7.11. The Hall–Kier alpha value is -1.80. The molecule has 2 aliphatic rings. The fraction of sp³-hybridized carbons (Fsp3) is 0.562. The van der Waals surface area contributed by atoms with Crippen LogP contribution in [0.3, 0.4) is 0 Å². The van der Waals surface area contributed by atoms with Crippen molar-refractivity contribution in [2.45, 2.75) is 37.6 Å². The largest absolute Gasteiger partial charge is 0.493 e. The van der Waals surface area contributed by atoms with Crippen LogP contribution in [0, 0.1) is 5.92 Å². The molecule has 2 saturated carbocycles. The highest BCUT2D eigenvalue weighted by Gasteiger charge is 2.39. The molecule has 1 aromatic carbocycles. The van der Waals surface area contributed by atoms with Crippen LogP contribution in [0.4, 0.5) is 0 Å². The summed E-state index contributed by atoms with van der Waals surface area (Å²) in [4.78, 5) is 14.7. The van der Waals surface area contributed by atoms with Crippen molar-refractivity contribution in [3.8, 4) is 11.5 Å². The first-order valence-electron chi connectivity index (χ1n) is 7.18. The predicted molar refractivity (Wildman–Crippen MR) is 74.9 cm³/mol. The molecular formula is C16H19NO3. The summed E-state index contributed by atoms with van der Waals surface area (Å²) in [6.45, 7) is 0.740. The summed E-state index contributed by atoms with van der Waals surface area (Å²) in [5, 5.41) is 0. The summed E-state index contributed by atoms with van der Waals surface area (Å²) in [5.41, 5.74) is 0.643. The lowest BCUT2D eigenvalue weighted by molar-refractivity contribution is 0.250. The summed E-state index contributed by atoms with van der Waals surface area (Å²) in [6, 6.07) is 5.85. The number of aliphatic imine (C=N–C) groups is 1. The molecule has 0 heterocycles. The maximum Gasteiger partial charge on any atom is 0.235 e. The Labute approximate surface area is 118 Å². The number of isocyanates is 1. The van der Waals surface area contributed by atoms with Crippen LogP contribution >= 0.6 is 0 Å². The van der Waals surface area contributed by atoms with Gasteiger partial charge < -0.3 is 9.47 Å². The van der Waals surface area contributed by atoms with Crippen molar-refractivity contribution in [3.63, 3.8) is 0 Å². The van der Waals surface area contributed by atoms with Gasteiger partial charge in [-0.05, 0) is 55.7 Å². The van der Waals surface area contributed by atoms with Crippen molar-refractivity contribution in [2.75, 3.05) is 13.7 Å². The zero-order valence-electron chi connectivity index (χ0n) is 11.7. The van der Waals surface area contributed by atoms with Crippen molar-refractivity contribution in [1.29, 1.82) is 0 Å². The standard InChI is InChI=1S/C16H19NO3/c1-19-14-6-5-13(16(17-11-18)7-2-8-16)9-15(14)20-10-12-3-4-12/h5-6,9,12H,2-4,7-8,10H2,1H3. The van der Waals surface area contributed by atoms with Crippen LogP contribution in [-0.4, -0.2) is 19.8 Å². The van der Waals surface area contributed by atoms with Gasteiger partial charge in [-0.2, -0.15) is 4.99 Å². The zero-order chi connectivity index (χ0) is 14.0. The molecule has 0 amide bonds. The number of rotatable bonds is 6. The predicted octanol–water partition coefficient (Wildman–Crippen LogP) is 3.20. The van der Waals surface area contributed by atoms with E-state index in [-0.39, 0.29) is 5.54 Å². The lowest BCUT2D eigenvalue weighted by Gasteiger charge is -2.37. The van der Waals surface area contributed by atoms with Crippen LogP contribution in [0.25, 0.3) is 0 Å². The molecule has 0 spiro atoms. The third-order valence-corrected chi connectivity index (χ3v) is 4.31. The van der Waals surface area contributed by atoms with E-state index in [0.29, 0.717) is 5.92 Å². The molecule has 0 bridgehead atoms. The highest BCUT2D eigenvalue weighted by molar-refractivity contribution is 5.47. The molecule has 3 rings (SSSR count). The van der Waals surface area contributed by atoms with E-state index >= 15 is 0 Å². The van der Waals surface area contributed by atoms with Gasteiger partial charge in [-0.15, -0.1) is 0 Å². The third-order valence-electron chi connectivity index (χ3n) is 4.31. The zero-order valence-corrected chi connectivity index (χ0v) is 11.7. The minimum Gasteiger partial charge on any atom is -0.493 e. The molecule has 0 aliphatic heterocycles. The van der Waals surface area contributed by atoms with Crippen molar-refractivity contribution in [3.05, 3.63) is 23.8 Å². The molecular weight excluding hydrogens is 254 g/mol. The first kappa shape index (κ1) is 13.2. The molecule has 2 fully saturated rings. The van der Waals surface area contributed by atoms with Gasteiger partial charge in [0.25, 0.3) is 0 Å². The van der Waals surface area contributed by atoms with Crippen molar-refractivity contribution in [2.24, 2.45) is 10.9 Å². The molecule has 0 unspecified atom stereocenters. The van der Waals surface area contributed by atoms with Gasteiger partial charge in [-0.25, -0.2) is 4.79 Å². The van der Waals surface area contributed by atoms with Crippen LogP contribution in [0.1, 0.15) is 37.7 Å². The first-order valence-corrected chi connectivity index (χ1v) is 7.18. The van der Waals surface area contributed by atoms with Gasteiger partial charge in [0, 0.05) is 0 Å². The molecule has 1 aromatic rings. The molecule has 106 valence electrons. The average molecular weight is 273 g/mol. The Morgan fingerprint density at radius 1 is 1.35 bits per heavy atom. The van der Waals surface area contributed by atoms with Crippen LogP contribution in [0.15, 0.2) is 23.2 Å². The summed E-state index contributed by atoms with van der Waals surface area (Å²) < 4.78 is 11.2. The fourth-order valence-electron chi connectivity index (χ4n) is 2.64. The van der Waals surface area contributed by atoms with E-state index < -0.39 is 0 Å². The number of hydrogen-bond acceptors (Lipinski definition) is 4. The lowest BCUT2D eigenvalue weighted by atomic mass is 9.72. The van der Waals surface area contributed by atoms with E-state index in [1.807, 2.05) is 18.2 Å². The molecule has 0 N–H and O–H groups in total. The monoisotopic (exact) mass is 273 g/mol. The molecule has 4 heteroatoms. The number of methoxy groups -OCH3 is 1. The number of benzene rings is 1. The Morgan fingerprint density at radius 2 is 2.15 bits per heavy atom. The van der Waals surface area contributed by atoms with Crippen LogP contribution in [-0.2, 0) is 10.3 Å². The molecule has 20 heavy (non-hydrogen) atoms. The normalized spacial score (nSPS) is 19.6. The molecule has 2 aliphatic carbocycles. The Kier molecular flexibility index (Phi) is 3.49.